The number of nitrogens with zero attached hydrogens (tertiary/aromatic N) is 2. The highest BCUT2D eigenvalue weighted by atomic mass is 32.2. The molecule has 0 unspecified atom stereocenters. The van der Waals surface area contributed by atoms with Gasteiger partial charge in [-0.3, -0.25) is 4.79 Å². The number of nitrogens with one attached hydrogen (secondary N) is 1. The Balaban J connectivity index is 1.27. The minimum absolute atomic E-state index is 0.0868. The molecule has 7 nitrogen and oxygen atoms in total. The van der Waals surface area contributed by atoms with E-state index in [1.54, 1.807) is 17.0 Å². The van der Waals surface area contributed by atoms with Crippen LogP contribution in [0.5, 0.6) is 0 Å². The summed E-state index contributed by atoms with van der Waals surface area (Å²) in [5, 5.41) is 0. The summed E-state index contributed by atoms with van der Waals surface area (Å²) in [6, 6.07) is 21.7. The van der Waals surface area contributed by atoms with Crippen molar-refractivity contribution in [2.45, 2.75) is 37.1 Å². The molecular weight excluding hydrogens is 462 g/mol. The lowest BCUT2D eigenvalue weighted by molar-refractivity contribution is 0.0705. The molecule has 2 heterocycles. The van der Waals surface area contributed by atoms with E-state index in [9.17, 15) is 13.2 Å². The largest absolute Gasteiger partial charge is 0.440 e. The Bertz CT molecular complexity index is 1420. The molecule has 5 rings (SSSR count). The molecule has 3 aromatic carbocycles. The van der Waals surface area contributed by atoms with Crippen LogP contribution in [0.15, 0.2) is 82.1 Å². The van der Waals surface area contributed by atoms with Crippen molar-refractivity contribution in [3.05, 3.63) is 95.4 Å². The first-order valence-corrected chi connectivity index (χ1v) is 13.2. The molecule has 1 aliphatic rings. The lowest BCUT2D eigenvalue weighted by atomic mass is 9.96. The number of fused-ring (bicyclic) bond motifs is 1. The molecule has 1 amide bonds. The van der Waals surface area contributed by atoms with Crippen LogP contribution in [-0.2, 0) is 16.6 Å². The fourth-order valence-electron chi connectivity index (χ4n) is 4.42. The van der Waals surface area contributed by atoms with Crippen LogP contribution in [0.25, 0.3) is 11.1 Å². The maximum absolute atomic E-state index is 13.3. The Hall–Kier alpha value is -3.49. The van der Waals surface area contributed by atoms with E-state index < -0.39 is 10.0 Å². The molecule has 0 bridgehead atoms. The number of sulfonamides is 1. The Morgan fingerprint density at radius 1 is 1.03 bits per heavy atom. The van der Waals surface area contributed by atoms with Crippen molar-refractivity contribution in [3.8, 4) is 0 Å². The van der Waals surface area contributed by atoms with Gasteiger partial charge in [-0.1, -0.05) is 48.5 Å². The molecule has 8 heteroatoms. The van der Waals surface area contributed by atoms with Crippen molar-refractivity contribution < 1.29 is 17.6 Å². The maximum Gasteiger partial charge on any atom is 0.254 e. The van der Waals surface area contributed by atoms with E-state index in [1.165, 1.54) is 6.07 Å². The van der Waals surface area contributed by atoms with Gasteiger partial charge in [-0.05, 0) is 55.2 Å². The van der Waals surface area contributed by atoms with Gasteiger partial charge in [-0.15, -0.1) is 0 Å². The minimum Gasteiger partial charge on any atom is -0.440 e. The van der Waals surface area contributed by atoms with Crippen LogP contribution in [0.4, 0.5) is 0 Å². The summed E-state index contributed by atoms with van der Waals surface area (Å²) in [7, 11) is -3.76. The van der Waals surface area contributed by atoms with E-state index in [-0.39, 0.29) is 23.3 Å². The van der Waals surface area contributed by atoms with Crippen LogP contribution < -0.4 is 4.72 Å². The molecule has 0 saturated carbocycles. The van der Waals surface area contributed by atoms with Gasteiger partial charge in [0.2, 0.25) is 10.0 Å². The zero-order valence-electron chi connectivity index (χ0n) is 19.5. The highest BCUT2D eigenvalue weighted by Crippen LogP contribution is 2.31. The van der Waals surface area contributed by atoms with E-state index >= 15 is 0 Å². The number of aromatic nitrogens is 1. The highest BCUT2D eigenvalue weighted by molar-refractivity contribution is 7.89. The lowest BCUT2D eigenvalue weighted by Crippen LogP contribution is -2.38. The number of amides is 1. The first-order valence-electron chi connectivity index (χ1n) is 11.7. The summed E-state index contributed by atoms with van der Waals surface area (Å²) in [4.78, 5) is 19.8. The van der Waals surface area contributed by atoms with Gasteiger partial charge in [-0.25, -0.2) is 18.1 Å². The summed E-state index contributed by atoms with van der Waals surface area (Å²) in [6.45, 7) is 3.13. The van der Waals surface area contributed by atoms with Crippen LogP contribution >= 0.6 is 0 Å². The van der Waals surface area contributed by atoms with Crippen molar-refractivity contribution in [2.24, 2.45) is 0 Å². The molecule has 180 valence electrons. The van der Waals surface area contributed by atoms with Gasteiger partial charge in [0.1, 0.15) is 5.52 Å². The Morgan fingerprint density at radius 3 is 2.49 bits per heavy atom. The normalized spacial score (nSPS) is 14.9. The number of hydrogen-bond acceptors (Lipinski definition) is 5. The number of hydrogen-bond donors (Lipinski definition) is 1. The van der Waals surface area contributed by atoms with E-state index in [4.69, 9.17) is 4.42 Å². The average molecular weight is 490 g/mol. The Kier molecular flexibility index (Phi) is 6.40. The third-order valence-electron chi connectivity index (χ3n) is 6.50. The smallest absolute Gasteiger partial charge is 0.254 e. The second kappa shape index (κ2) is 9.64. The molecule has 1 fully saturated rings. The van der Waals surface area contributed by atoms with Gasteiger partial charge in [0, 0.05) is 31.1 Å². The number of para-hydroxylation sites is 2. The summed E-state index contributed by atoms with van der Waals surface area (Å²) < 4.78 is 34.3. The van der Waals surface area contributed by atoms with Crippen LogP contribution in [0.3, 0.4) is 0 Å². The Morgan fingerprint density at radius 2 is 1.74 bits per heavy atom. The van der Waals surface area contributed by atoms with Crippen LogP contribution in [-0.4, -0.2) is 37.3 Å². The molecule has 0 radical (unpaired) electrons. The average Bonchev–Trinajstić information content (AvgIpc) is 3.32. The predicted molar refractivity (Wildman–Crippen MR) is 134 cm³/mol. The van der Waals surface area contributed by atoms with Crippen molar-refractivity contribution in [3.63, 3.8) is 0 Å². The first kappa shape index (κ1) is 23.3. The Labute approximate surface area is 204 Å². The molecule has 1 N–H and O–H groups in total. The summed E-state index contributed by atoms with van der Waals surface area (Å²) in [5.41, 5.74) is 3.64. The molecule has 35 heavy (non-hydrogen) atoms. The molecule has 1 aliphatic heterocycles. The SMILES string of the molecule is Cc1ccc(S(=O)(=O)NCc2ccccc2)cc1C(=O)N1CCC(c2nc3ccccc3o2)CC1. The fraction of sp³-hybridized carbons (Fsp3) is 0.259. The number of carbonyl (C=O) groups excluding carboxylic acids is 1. The van der Waals surface area contributed by atoms with Crippen LogP contribution in [0.1, 0.15) is 46.1 Å². The van der Waals surface area contributed by atoms with Crippen molar-refractivity contribution in [2.75, 3.05) is 13.1 Å². The number of aryl methyl sites for hydroxylation is 1. The molecular formula is C27H27N3O4S. The minimum atomic E-state index is -3.76. The molecule has 1 saturated heterocycles. The number of piperidine rings is 1. The van der Waals surface area contributed by atoms with Crippen LogP contribution in [0, 0.1) is 6.92 Å². The standard InChI is InChI=1S/C27H27N3O4S/c1-19-11-12-22(35(32,33)28-18-20-7-3-2-4-8-20)17-23(19)27(31)30-15-13-21(14-16-30)26-29-24-9-5-6-10-25(24)34-26/h2-12,17,21,28H,13-16,18H2,1H3. The van der Waals surface area contributed by atoms with Crippen LogP contribution in [0.2, 0.25) is 0 Å². The summed E-state index contributed by atoms with van der Waals surface area (Å²) in [5.74, 6) is 0.715. The van der Waals surface area contributed by atoms with Crippen molar-refractivity contribution >= 4 is 27.0 Å². The number of likely N-dealkylation sites (tertiary alicyclic amines) is 1. The molecule has 0 spiro atoms. The third kappa shape index (κ3) is 4.99. The maximum atomic E-state index is 13.3. The number of rotatable bonds is 6. The second-order valence-corrected chi connectivity index (χ2v) is 10.6. The molecule has 0 atom stereocenters. The van der Waals surface area contributed by atoms with Gasteiger partial charge < -0.3 is 9.32 Å². The van der Waals surface area contributed by atoms with Crippen molar-refractivity contribution in [1.29, 1.82) is 0 Å². The monoisotopic (exact) mass is 489 g/mol. The van der Waals surface area contributed by atoms with Gasteiger partial charge >= 0.3 is 0 Å². The van der Waals surface area contributed by atoms with E-state index in [1.807, 2.05) is 61.5 Å². The fourth-order valence-corrected chi connectivity index (χ4v) is 5.46. The van der Waals surface area contributed by atoms with Gasteiger partial charge in [0.25, 0.3) is 5.91 Å². The third-order valence-corrected chi connectivity index (χ3v) is 7.90. The van der Waals surface area contributed by atoms with E-state index in [2.05, 4.69) is 9.71 Å². The first-order chi connectivity index (χ1) is 16.9. The molecule has 4 aromatic rings. The zero-order valence-corrected chi connectivity index (χ0v) is 20.3. The second-order valence-electron chi connectivity index (χ2n) is 8.87. The molecule has 1 aromatic heterocycles. The quantitative estimate of drug-likeness (QED) is 0.426. The van der Waals surface area contributed by atoms with Gasteiger partial charge in [0.05, 0.1) is 4.90 Å². The molecule has 0 aliphatic carbocycles. The number of benzene rings is 3. The highest BCUT2D eigenvalue weighted by Gasteiger charge is 2.29. The predicted octanol–water partition coefficient (Wildman–Crippen LogP) is 4.63. The number of carbonyl (C=O) groups is 1. The summed E-state index contributed by atoms with van der Waals surface area (Å²) in [6.07, 6.45) is 1.49. The number of oxazole rings is 1. The lowest BCUT2D eigenvalue weighted by Gasteiger charge is -2.31. The van der Waals surface area contributed by atoms with E-state index in [0.29, 0.717) is 24.5 Å². The van der Waals surface area contributed by atoms with Gasteiger partial charge in [-0.2, -0.15) is 0 Å². The van der Waals surface area contributed by atoms with E-state index in [0.717, 1.165) is 35.1 Å². The van der Waals surface area contributed by atoms with Crippen molar-refractivity contribution in [1.82, 2.24) is 14.6 Å². The van der Waals surface area contributed by atoms with Gasteiger partial charge in [0.15, 0.2) is 11.5 Å². The topological polar surface area (TPSA) is 92.5 Å². The summed E-state index contributed by atoms with van der Waals surface area (Å²) >= 11 is 0. The zero-order chi connectivity index (χ0) is 24.4.